The zero-order chi connectivity index (χ0) is 5.91. The van der Waals surface area contributed by atoms with Crippen molar-refractivity contribution in [3.05, 3.63) is 0 Å². The first-order valence-electron chi connectivity index (χ1n) is 1.97. The summed E-state index contributed by atoms with van der Waals surface area (Å²) in [6.07, 6.45) is 0.483. The third kappa shape index (κ3) is 6.18. The molecule has 0 aliphatic rings. The molecule has 0 amide bonds. The van der Waals surface area contributed by atoms with Crippen LogP contribution in [0.15, 0.2) is 0 Å². The quantitative estimate of drug-likeness (QED) is 0.429. The van der Waals surface area contributed by atoms with Gasteiger partial charge in [0.2, 0.25) is 7.57 Å². The number of hydrogen-bond donors (Lipinski definition) is 3. The van der Waals surface area contributed by atoms with E-state index in [9.17, 15) is 0 Å². The SMILES string of the molecule is CCC=P(O)(O)O. The van der Waals surface area contributed by atoms with E-state index in [0.29, 0.717) is 6.42 Å². The Balaban J connectivity index is 3.73. The van der Waals surface area contributed by atoms with Crippen molar-refractivity contribution in [1.29, 1.82) is 0 Å². The van der Waals surface area contributed by atoms with Crippen molar-refractivity contribution in [1.82, 2.24) is 0 Å². The Morgan fingerprint density at radius 1 is 1.43 bits per heavy atom. The maximum atomic E-state index is 8.18. The maximum Gasteiger partial charge on any atom is 0.245 e. The van der Waals surface area contributed by atoms with Gasteiger partial charge >= 0.3 is 0 Å². The molecule has 0 aromatic rings. The first-order valence-corrected chi connectivity index (χ1v) is 3.69. The number of rotatable bonds is 1. The molecule has 0 saturated heterocycles. The van der Waals surface area contributed by atoms with Crippen LogP contribution in [0.4, 0.5) is 0 Å². The first-order chi connectivity index (χ1) is 3.06. The highest BCUT2D eigenvalue weighted by Gasteiger charge is 1.95. The monoisotopic (exact) mass is 124 g/mol. The van der Waals surface area contributed by atoms with Crippen LogP contribution in [0.5, 0.6) is 0 Å². The minimum atomic E-state index is -3.54. The normalized spacial score (nSPS) is 11.4. The van der Waals surface area contributed by atoms with Crippen LogP contribution < -0.4 is 0 Å². The summed E-state index contributed by atoms with van der Waals surface area (Å²) in [6.45, 7) is 1.72. The molecule has 3 N–H and O–H groups in total. The molecule has 0 bridgehead atoms. The van der Waals surface area contributed by atoms with E-state index in [4.69, 9.17) is 14.7 Å². The highest BCUT2D eigenvalue weighted by Crippen LogP contribution is 2.28. The second kappa shape index (κ2) is 2.48. The fraction of sp³-hybridized carbons (Fsp3) is 0.667. The molecule has 3 nitrogen and oxygen atoms in total. The van der Waals surface area contributed by atoms with Gasteiger partial charge in [-0.15, -0.1) is 0 Å². The van der Waals surface area contributed by atoms with E-state index in [2.05, 4.69) is 0 Å². The molecule has 0 radical (unpaired) electrons. The zero-order valence-electron chi connectivity index (χ0n) is 4.07. The lowest BCUT2D eigenvalue weighted by atomic mass is 10.6. The summed E-state index contributed by atoms with van der Waals surface area (Å²) in [7, 11) is -3.54. The molecule has 0 aliphatic heterocycles. The fourth-order valence-corrected chi connectivity index (χ4v) is 0.735. The number of hydrogen-bond acceptors (Lipinski definition) is 3. The topological polar surface area (TPSA) is 60.7 Å². The maximum absolute atomic E-state index is 8.18. The van der Waals surface area contributed by atoms with E-state index in [1.807, 2.05) is 0 Å². The Morgan fingerprint density at radius 2 is 1.86 bits per heavy atom. The summed E-state index contributed by atoms with van der Waals surface area (Å²) in [4.78, 5) is 24.6. The van der Waals surface area contributed by atoms with Crippen molar-refractivity contribution in [2.75, 3.05) is 0 Å². The molecule has 4 heteroatoms. The van der Waals surface area contributed by atoms with Crippen LogP contribution in [0.1, 0.15) is 13.3 Å². The van der Waals surface area contributed by atoms with Crippen LogP contribution >= 0.6 is 7.57 Å². The Bertz CT molecular complexity index is 84.1. The molecular formula is C3H9O3P. The van der Waals surface area contributed by atoms with Crippen LogP contribution in [-0.2, 0) is 0 Å². The molecule has 0 heterocycles. The van der Waals surface area contributed by atoms with Crippen molar-refractivity contribution >= 4 is 13.4 Å². The summed E-state index contributed by atoms with van der Waals surface area (Å²) in [6, 6.07) is 0. The van der Waals surface area contributed by atoms with Gasteiger partial charge in [0.25, 0.3) is 0 Å². The Kier molecular flexibility index (Phi) is 2.54. The van der Waals surface area contributed by atoms with E-state index in [-0.39, 0.29) is 0 Å². The van der Waals surface area contributed by atoms with Crippen LogP contribution in [-0.4, -0.2) is 20.5 Å². The van der Waals surface area contributed by atoms with Gasteiger partial charge in [0, 0.05) is 0 Å². The second-order valence-corrected chi connectivity index (χ2v) is 2.80. The van der Waals surface area contributed by atoms with Gasteiger partial charge in [0.1, 0.15) is 0 Å². The minimum Gasteiger partial charge on any atom is -0.333 e. The molecule has 0 rings (SSSR count). The van der Waals surface area contributed by atoms with E-state index < -0.39 is 7.57 Å². The largest absolute Gasteiger partial charge is 0.333 e. The fourth-order valence-electron chi connectivity index (χ4n) is 0.245. The third-order valence-electron chi connectivity index (χ3n) is 0.428. The molecule has 0 unspecified atom stereocenters. The lowest BCUT2D eigenvalue weighted by Gasteiger charge is -1.97. The molecule has 0 fully saturated rings. The van der Waals surface area contributed by atoms with Crippen LogP contribution in [0.25, 0.3) is 0 Å². The third-order valence-corrected chi connectivity index (χ3v) is 1.28. The molecule has 7 heavy (non-hydrogen) atoms. The Hall–Kier alpha value is 0.180. The van der Waals surface area contributed by atoms with Gasteiger partial charge in [-0.05, 0) is 12.2 Å². The van der Waals surface area contributed by atoms with Crippen LogP contribution in [0, 0.1) is 0 Å². The lowest BCUT2D eigenvalue weighted by Crippen LogP contribution is -1.78. The smallest absolute Gasteiger partial charge is 0.245 e. The summed E-state index contributed by atoms with van der Waals surface area (Å²) in [5.74, 6) is 1.09. The van der Waals surface area contributed by atoms with Crippen molar-refractivity contribution in [2.24, 2.45) is 0 Å². The van der Waals surface area contributed by atoms with Gasteiger partial charge in [0.05, 0.1) is 0 Å². The summed E-state index contributed by atoms with van der Waals surface area (Å²) in [5, 5.41) is 0. The van der Waals surface area contributed by atoms with E-state index >= 15 is 0 Å². The van der Waals surface area contributed by atoms with E-state index in [1.54, 1.807) is 6.92 Å². The summed E-state index contributed by atoms with van der Waals surface area (Å²) >= 11 is 0. The van der Waals surface area contributed by atoms with Crippen molar-refractivity contribution < 1.29 is 14.7 Å². The van der Waals surface area contributed by atoms with Gasteiger partial charge in [-0.25, -0.2) is 0 Å². The Morgan fingerprint density at radius 3 is 1.86 bits per heavy atom. The molecule has 44 valence electrons. The minimum absolute atomic E-state index is 0.483. The Labute approximate surface area is 42.5 Å². The standard InChI is InChI=1S/C3H9O3P/c1-2-3-7(4,5)6/h3-6H,2H2,1H3. The molecule has 0 saturated carbocycles. The average molecular weight is 124 g/mol. The predicted molar refractivity (Wildman–Crippen MR) is 29.9 cm³/mol. The van der Waals surface area contributed by atoms with E-state index in [0.717, 1.165) is 5.80 Å². The highest BCUT2D eigenvalue weighted by atomic mass is 31.2. The highest BCUT2D eigenvalue weighted by molar-refractivity contribution is 7.58. The van der Waals surface area contributed by atoms with Crippen molar-refractivity contribution in [3.8, 4) is 0 Å². The zero-order valence-corrected chi connectivity index (χ0v) is 4.97. The summed E-state index contributed by atoms with van der Waals surface area (Å²) in [5.41, 5.74) is 0. The van der Waals surface area contributed by atoms with E-state index in [1.165, 1.54) is 0 Å². The van der Waals surface area contributed by atoms with Gasteiger partial charge in [0.15, 0.2) is 0 Å². The van der Waals surface area contributed by atoms with Crippen molar-refractivity contribution in [2.45, 2.75) is 13.3 Å². The second-order valence-electron chi connectivity index (χ2n) is 1.21. The van der Waals surface area contributed by atoms with Crippen LogP contribution in [0.3, 0.4) is 0 Å². The predicted octanol–water partition coefficient (Wildman–Crippen LogP) is -0.0619. The lowest BCUT2D eigenvalue weighted by molar-refractivity contribution is 0.360. The van der Waals surface area contributed by atoms with Crippen molar-refractivity contribution in [3.63, 3.8) is 0 Å². The van der Waals surface area contributed by atoms with Gasteiger partial charge in [-0.3, -0.25) is 0 Å². The van der Waals surface area contributed by atoms with Gasteiger partial charge < -0.3 is 14.7 Å². The average Bonchev–Trinajstić information content (AvgIpc) is 1.30. The van der Waals surface area contributed by atoms with Crippen LogP contribution in [0.2, 0.25) is 0 Å². The van der Waals surface area contributed by atoms with Gasteiger partial charge in [-0.2, -0.15) is 0 Å². The molecule has 0 aromatic heterocycles. The molecular weight excluding hydrogens is 115 g/mol. The summed E-state index contributed by atoms with van der Waals surface area (Å²) < 4.78 is 0. The first kappa shape index (κ1) is 7.18. The molecule has 0 aromatic carbocycles. The van der Waals surface area contributed by atoms with Gasteiger partial charge in [-0.1, -0.05) is 6.92 Å². The molecule has 0 spiro atoms. The molecule has 0 atom stereocenters. The molecule has 0 aliphatic carbocycles.